The molecule has 0 spiro atoms. The molecule has 3 aromatic rings. The van der Waals surface area contributed by atoms with E-state index in [0.29, 0.717) is 22.9 Å². The minimum Gasteiger partial charge on any atom is -0.487 e. The number of hydrogen-bond donors (Lipinski definition) is 0. The van der Waals surface area contributed by atoms with E-state index in [0.717, 1.165) is 20.1 Å². The average molecular weight is 674 g/mol. The van der Waals surface area contributed by atoms with Gasteiger partial charge in [0.1, 0.15) is 12.4 Å². The van der Waals surface area contributed by atoms with Crippen LogP contribution in [0.1, 0.15) is 16.7 Å². The van der Waals surface area contributed by atoms with Gasteiger partial charge in [-0.3, -0.25) is 0 Å². The predicted molar refractivity (Wildman–Crippen MR) is 137 cm³/mol. The minimum absolute atomic E-state index is 0.192. The van der Waals surface area contributed by atoms with E-state index in [1.54, 1.807) is 24.3 Å². The lowest BCUT2D eigenvalue weighted by atomic mass is 10.2. The molecule has 1 aliphatic heterocycles. The predicted octanol–water partition coefficient (Wildman–Crippen LogP) is 7.39. The monoisotopic (exact) mass is 671 g/mol. The summed E-state index contributed by atoms with van der Waals surface area (Å²) in [5.74, 6) is 0.341. The van der Waals surface area contributed by atoms with E-state index < -0.39 is 5.97 Å². The first kappa shape index (κ1) is 22.5. The van der Waals surface area contributed by atoms with Crippen LogP contribution >= 0.6 is 66.1 Å². The molecule has 0 atom stereocenters. The summed E-state index contributed by atoms with van der Waals surface area (Å²) < 4.78 is 14.0. The van der Waals surface area contributed by atoms with Gasteiger partial charge in [0.15, 0.2) is 5.70 Å². The van der Waals surface area contributed by atoms with Gasteiger partial charge in [-0.1, -0.05) is 35.9 Å². The number of rotatable bonds is 5. The highest BCUT2D eigenvalue weighted by Crippen LogP contribution is 2.36. The summed E-state index contributed by atoms with van der Waals surface area (Å²) in [7, 11) is 0. The number of nitrogens with zero attached hydrogens (tertiary/aromatic N) is 1. The fourth-order valence-corrected chi connectivity index (χ4v) is 4.88. The molecule has 0 saturated carbocycles. The molecular formula is C23H13Br2ClINO3. The number of esters is 1. The Bertz CT molecular complexity index is 1200. The average Bonchev–Trinajstić information content (AvgIpc) is 3.09. The zero-order chi connectivity index (χ0) is 22.0. The van der Waals surface area contributed by atoms with E-state index in [-0.39, 0.29) is 11.6 Å². The number of benzene rings is 3. The van der Waals surface area contributed by atoms with Crippen molar-refractivity contribution in [3.05, 3.63) is 101 Å². The van der Waals surface area contributed by atoms with Crippen LogP contribution in [0.15, 0.2) is 80.3 Å². The lowest BCUT2D eigenvalue weighted by Gasteiger charge is -2.11. The lowest BCUT2D eigenvalue weighted by molar-refractivity contribution is -0.129. The molecule has 0 bridgehead atoms. The van der Waals surface area contributed by atoms with Crippen molar-refractivity contribution >= 4 is 84.0 Å². The molecule has 0 amide bonds. The summed E-state index contributed by atoms with van der Waals surface area (Å²) in [5.41, 5.74) is 2.60. The number of carbonyl (C=O) groups excluding carboxylic acids is 1. The second-order valence-electron chi connectivity index (χ2n) is 6.54. The summed E-state index contributed by atoms with van der Waals surface area (Å²) in [6.07, 6.45) is 1.66. The van der Waals surface area contributed by atoms with Crippen LogP contribution in [0.3, 0.4) is 0 Å². The number of aliphatic imine (C=N–C) groups is 1. The van der Waals surface area contributed by atoms with Crippen molar-refractivity contribution in [1.29, 1.82) is 0 Å². The highest BCUT2D eigenvalue weighted by Gasteiger charge is 2.25. The van der Waals surface area contributed by atoms with E-state index >= 15 is 0 Å². The molecule has 8 heteroatoms. The molecule has 4 rings (SSSR count). The van der Waals surface area contributed by atoms with Crippen LogP contribution < -0.4 is 4.74 Å². The van der Waals surface area contributed by atoms with Crippen molar-refractivity contribution in [2.45, 2.75) is 6.61 Å². The molecule has 1 aliphatic rings. The van der Waals surface area contributed by atoms with Gasteiger partial charge in [0.2, 0.25) is 5.90 Å². The molecule has 4 nitrogen and oxygen atoms in total. The highest BCUT2D eigenvalue weighted by atomic mass is 127. The van der Waals surface area contributed by atoms with E-state index in [1.165, 1.54) is 3.57 Å². The van der Waals surface area contributed by atoms with Crippen molar-refractivity contribution in [3.63, 3.8) is 0 Å². The Balaban J connectivity index is 1.56. The van der Waals surface area contributed by atoms with Crippen LogP contribution in [0, 0.1) is 3.57 Å². The van der Waals surface area contributed by atoms with Crippen molar-refractivity contribution in [3.8, 4) is 5.75 Å². The third-order valence-corrected chi connectivity index (χ3v) is 6.57. The van der Waals surface area contributed by atoms with Gasteiger partial charge < -0.3 is 9.47 Å². The van der Waals surface area contributed by atoms with Crippen molar-refractivity contribution in [1.82, 2.24) is 0 Å². The largest absolute Gasteiger partial charge is 0.487 e. The second kappa shape index (κ2) is 9.85. The number of hydrogen-bond acceptors (Lipinski definition) is 4. The van der Waals surface area contributed by atoms with E-state index in [1.807, 2.05) is 42.5 Å². The van der Waals surface area contributed by atoms with Crippen LogP contribution in [0.2, 0.25) is 5.02 Å². The van der Waals surface area contributed by atoms with Crippen molar-refractivity contribution in [2.75, 3.05) is 0 Å². The third-order valence-electron chi connectivity index (χ3n) is 4.35. The first-order valence-electron chi connectivity index (χ1n) is 9.04. The van der Waals surface area contributed by atoms with Gasteiger partial charge in [0.25, 0.3) is 0 Å². The van der Waals surface area contributed by atoms with E-state index in [2.05, 4.69) is 59.4 Å². The lowest BCUT2D eigenvalue weighted by Crippen LogP contribution is -2.05. The van der Waals surface area contributed by atoms with Gasteiger partial charge in [-0.15, -0.1) is 0 Å². The normalized spacial score (nSPS) is 14.5. The van der Waals surface area contributed by atoms with Gasteiger partial charge in [-0.25, -0.2) is 9.79 Å². The van der Waals surface area contributed by atoms with Gasteiger partial charge in [0.05, 0.1) is 19.5 Å². The van der Waals surface area contributed by atoms with E-state index in [9.17, 15) is 4.79 Å². The Morgan fingerprint density at radius 3 is 2.42 bits per heavy atom. The minimum atomic E-state index is -0.527. The molecule has 0 aliphatic carbocycles. The Kier molecular flexibility index (Phi) is 7.15. The van der Waals surface area contributed by atoms with Crippen molar-refractivity contribution < 1.29 is 14.3 Å². The van der Waals surface area contributed by atoms with Crippen LogP contribution in [0.25, 0.3) is 6.08 Å². The number of carbonyl (C=O) groups is 1. The maximum absolute atomic E-state index is 12.3. The topological polar surface area (TPSA) is 47.9 Å². The van der Waals surface area contributed by atoms with Crippen LogP contribution in [0.4, 0.5) is 0 Å². The summed E-state index contributed by atoms with van der Waals surface area (Å²) in [4.78, 5) is 16.6. The van der Waals surface area contributed by atoms with Crippen LogP contribution in [-0.4, -0.2) is 11.9 Å². The molecule has 3 aromatic carbocycles. The van der Waals surface area contributed by atoms with Crippen molar-refractivity contribution in [2.24, 2.45) is 4.99 Å². The zero-order valence-electron chi connectivity index (χ0n) is 15.7. The summed E-state index contributed by atoms with van der Waals surface area (Å²) >= 11 is 15.6. The Morgan fingerprint density at radius 2 is 1.74 bits per heavy atom. The summed E-state index contributed by atoms with van der Waals surface area (Å²) in [6.45, 7) is 0.437. The highest BCUT2D eigenvalue weighted by molar-refractivity contribution is 14.1. The number of ether oxygens (including phenoxy) is 2. The molecule has 0 saturated heterocycles. The van der Waals surface area contributed by atoms with E-state index in [4.69, 9.17) is 21.1 Å². The molecule has 156 valence electrons. The Labute approximate surface area is 214 Å². The van der Waals surface area contributed by atoms with Gasteiger partial charge in [0, 0.05) is 3.57 Å². The fraction of sp³-hybridized carbons (Fsp3) is 0.0435. The smallest absolute Gasteiger partial charge is 0.363 e. The fourth-order valence-electron chi connectivity index (χ4n) is 2.85. The third kappa shape index (κ3) is 5.39. The maximum Gasteiger partial charge on any atom is 0.363 e. The first-order valence-corrected chi connectivity index (χ1v) is 12.1. The zero-order valence-corrected chi connectivity index (χ0v) is 21.8. The van der Waals surface area contributed by atoms with Crippen LogP contribution in [-0.2, 0) is 16.1 Å². The molecular weight excluding hydrogens is 660 g/mol. The number of halogens is 4. The Morgan fingerprint density at radius 1 is 1.06 bits per heavy atom. The molecule has 0 unspecified atom stereocenters. The standard InChI is InChI=1S/C23H13Br2ClINO3/c24-17-9-14(10-18(25)21(17)30-12-13-5-7-15(27)8-6-13)11-20-23(29)31-22(28-20)16-3-1-2-4-19(16)26/h1-11H,12H2. The molecule has 0 fully saturated rings. The maximum atomic E-state index is 12.3. The first-order chi connectivity index (χ1) is 14.9. The Hall–Kier alpha value is -1.68. The second-order valence-corrected chi connectivity index (χ2v) is 9.91. The summed E-state index contributed by atoms with van der Waals surface area (Å²) in [5, 5.41) is 0.468. The molecule has 0 aromatic heterocycles. The SMILES string of the molecule is O=C1OC(c2ccccc2Cl)=NC1=Cc1cc(Br)c(OCc2ccc(I)cc2)c(Br)c1. The molecule has 31 heavy (non-hydrogen) atoms. The van der Waals surface area contributed by atoms with Crippen LogP contribution in [0.5, 0.6) is 5.75 Å². The molecule has 0 N–H and O–H groups in total. The van der Waals surface area contributed by atoms with Gasteiger partial charge >= 0.3 is 5.97 Å². The van der Waals surface area contributed by atoms with Gasteiger partial charge in [-0.2, -0.15) is 0 Å². The quantitative estimate of drug-likeness (QED) is 0.161. The molecule has 0 radical (unpaired) electrons. The van der Waals surface area contributed by atoms with Gasteiger partial charge in [-0.05, 0) is 108 Å². The number of cyclic esters (lactones) is 1. The summed E-state index contributed by atoms with van der Waals surface area (Å²) in [6, 6.07) is 18.9. The molecule has 1 heterocycles.